The van der Waals surface area contributed by atoms with Gasteiger partial charge in [0.2, 0.25) is 5.91 Å². The second-order valence-electron chi connectivity index (χ2n) is 7.93. The maximum atomic E-state index is 12.0. The van der Waals surface area contributed by atoms with Crippen molar-refractivity contribution < 1.29 is 9.53 Å². The number of carbonyl (C=O) groups is 1. The van der Waals surface area contributed by atoms with Gasteiger partial charge in [0.05, 0.1) is 19.3 Å². The zero-order valence-electron chi connectivity index (χ0n) is 15.4. The first-order valence-electron chi connectivity index (χ1n) is 9.07. The summed E-state index contributed by atoms with van der Waals surface area (Å²) in [5.74, 6) is 0.142. The molecule has 0 saturated carbocycles. The van der Waals surface area contributed by atoms with Crippen LogP contribution in [0.1, 0.15) is 45.6 Å². The monoisotopic (exact) mass is 332 g/mol. The second kappa shape index (κ2) is 9.19. The van der Waals surface area contributed by atoms with Gasteiger partial charge in [0.15, 0.2) is 0 Å². The Morgan fingerprint density at radius 1 is 1.21 bits per heavy atom. The summed E-state index contributed by atoms with van der Waals surface area (Å²) >= 11 is 0. The maximum Gasteiger partial charge on any atom is 0.234 e. The van der Waals surface area contributed by atoms with Crippen LogP contribution >= 0.6 is 0 Å². The van der Waals surface area contributed by atoms with Crippen molar-refractivity contribution in [1.82, 2.24) is 10.2 Å². The molecule has 0 radical (unpaired) electrons. The van der Waals surface area contributed by atoms with Crippen LogP contribution in [0, 0.1) is 5.41 Å². The van der Waals surface area contributed by atoms with Crippen LogP contribution in [0.15, 0.2) is 30.3 Å². The van der Waals surface area contributed by atoms with Crippen LogP contribution in [0.25, 0.3) is 0 Å². The minimum Gasteiger partial charge on any atom is -0.373 e. The van der Waals surface area contributed by atoms with E-state index in [1.807, 2.05) is 18.2 Å². The minimum atomic E-state index is 0.142. The summed E-state index contributed by atoms with van der Waals surface area (Å²) in [6.45, 7) is 10.4. The maximum absolute atomic E-state index is 12.0. The zero-order valence-corrected chi connectivity index (χ0v) is 15.4. The van der Waals surface area contributed by atoms with Gasteiger partial charge in [-0.05, 0) is 30.2 Å². The summed E-state index contributed by atoms with van der Waals surface area (Å²) in [5, 5.41) is 3.03. The Kier molecular flexibility index (Phi) is 7.25. The SMILES string of the molecule is CC(C)(C)CCNC(=O)CN1CCC(OCc2ccccc2)CC1. The molecule has 0 aliphatic carbocycles. The summed E-state index contributed by atoms with van der Waals surface area (Å²) in [7, 11) is 0. The van der Waals surface area contributed by atoms with Crippen molar-refractivity contribution in [2.24, 2.45) is 5.41 Å². The Morgan fingerprint density at radius 2 is 1.88 bits per heavy atom. The summed E-state index contributed by atoms with van der Waals surface area (Å²) in [6, 6.07) is 10.3. The van der Waals surface area contributed by atoms with Gasteiger partial charge in [-0.3, -0.25) is 9.69 Å². The summed E-state index contributed by atoms with van der Waals surface area (Å²) in [6.07, 6.45) is 3.32. The van der Waals surface area contributed by atoms with Crippen molar-refractivity contribution in [2.45, 2.75) is 52.7 Å². The summed E-state index contributed by atoms with van der Waals surface area (Å²) in [5.41, 5.74) is 1.49. The predicted octanol–water partition coefficient (Wildman–Crippen LogP) is 3.22. The van der Waals surface area contributed by atoms with Crippen LogP contribution in [0.4, 0.5) is 0 Å². The number of amides is 1. The minimum absolute atomic E-state index is 0.142. The van der Waals surface area contributed by atoms with E-state index in [9.17, 15) is 4.79 Å². The van der Waals surface area contributed by atoms with Gasteiger partial charge in [-0.1, -0.05) is 51.1 Å². The molecule has 134 valence electrons. The average molecular weight is 332 g/mol. The number of benzene rings is 1. The molecule has 1 N–H and O–H groups in total. The molecule has 1 aromatic carbocycles. The second-order valence-corrected chi connectivity index (χ2v) is 7.93. The molecule has 0 bridgehead atoms. The number of carbonyl (C=O) groups excluding carboxylic acids is 1. The van der Waals surface area contributed by atoms with Gasteiger partial charge in [-0.15, -0.1) is 0 Å². The van der Waals surface area contributed by atoms with Gasteiger partial charge < -0.3 is 10.1 Å². The molecule has 0 spiro atoms. The van der Waals surface area contributed by atoms with E-state index in [1.54, 1.807) is 0 Å². The van der Waals surface area contributed by atoms with Crippen molar-refractivity contribution in [1.29, 1.82) is 0 Å². The third kappa shape index (κ3) is 7.45. The van der Waals surface area contributed by atoms with E-state index in [0.717, 1.165) is 38.9 Å². The molecule has 1 aromatic rings. The third-order valence-corrected chi connectivity index (χ3v) is 4.43. The Labute approximate surface area is 146 Å². The molecule has 1 fully saturated rings. The molecule has 1 heterocycles. The van der Waals surface area contributed by atoms with Gasteiger partial charge >= 0.3 is 0 Å². The molecule has 2 rings (SSSR count). The van der Waals surface area contributed by atoms with Crippen LogP contribution in [0.5, 0.6) is 0 Å². The van der Waals surface area contributed by atoms with Gasteiger partial charge in [0, 0.05) is 19.6 Å². The van der Waals surface area contributed by atoms with Crippen LogP contribution in [0.3, 0.4) is 0 Å². The molecule has 0 aromatic heterocycles. The first kappa shape index (κ1) is 18.9. The fraction of sp³-hybridized carbons (Fsp3) is 0.650. The molecule has 0 atom stereocenters. The fourth-order valence-electron chi connectivity index (χ4n) is 2.86. The largest absolute Gasteiger partial charge is 0.373 e. The first-order chi connectivity index (χ1) is 11.4. The first-order valence-corrected chi connectivity index (χ1v) is 9.07. The number of nitrogens with one attached hydrogen (secondary N) is 1. The Balaban J connectivity index is 1.59. The molecule has 4 nitrogen and oxygen atoms in total. The van der Waals surface area contributed by atoms with Crippen molar-refractivity contribution in [3.63, 3.8) is 0 Å². The van der Waals surface area contributed by atoms with Gasteiger partial charge in [0.25, 0.3) is 0 Å². The Morgan fingerprint density at radius 3 is 2.50 bits per heavy atom. The molecule has 1 saturated heterocycles. The number of ether oxygens (including phenoxy) is 1. The standard InChI is InChI=1S/C20H32N2O2/c1-20(2,3)11-12-21-19(23)15-22-13-9-18(10-14-22)24-16-17-7-5-4-6-8-17/h4-8,18H,9-16H2,1-3H3,(H,21,23). The lowest BCUT2D eigenvalue weighted by Gasteiger charge is -2.31. The van der Waals surface area contributed by atoms with Gasteiger partial charge in [0.1, 0.15) is 0 Å². The molecule has 1 aliphatic heterocycles. The van der Waals surface area contributed by atoms with E-state index in [4.69, 9.17) is 4.74 Å². The number of hydrogen-bond acceptors (Lipinski definition) is 3. The highest BCUT2D eigenvalue weighted by molar-refractivity contribution is 5.77. The average Bonchev–Trinajstić information content (AvgIpc) is 2.54. The van der Waals surface area contributed by atoms with Crippen molar-refractivity contribution >= 4 is 5.91 Å². The van der Waals surface area contributed by atoms with Crippen molar-refractivity contribution in [2.75, 3.05) is 26.2 Å². The van der Waals surface area contributed by atoms with E-state index in [2.05, 4.69) is 43.1 Å². The number of nitrogens with zero attached hydrogens (tertiary/aromatic N) is 1. The van der Waals surface area contributed by atoms with Crippen LogP contribution in [0.2, 0.25) is 0 Å². The van der Waals surface area contributed by atoms with Gasteiger partial charge in [-0.25, -0.2) is 0 Å². The predicted molar refractivity (Wildman–Crippen MR) is 97.8 cm³/mol. The van der Waals surface area contributed by atoms with E-state index < -0.39 is 0 Å². The lowest BCUT2D eigenvalue weighted by molar-refractivity contribution is -0.123. The number of rotatable bonds is 7. The van der Waals surface area contributed by atoms with E-state index in [1.165, 1.54) is 5.56 Å². The molecule has 1 amide bonds. The molecular weight excluding hydrogens is 300 g/mol. The fourth-order valence-corrected chi connectivity index (χ4v) is 2.86. The quantitative estimate of drug-likeness (QED) is 0.833. The number of likely N-dealkylation sites (tertiary alicyclic amines) is 1. The zero-order chi connectivity index (χ0) is 17.4. The third-order valence-electron chi connectivity index (χ3n) is 4.43. The highest BCUT2D eigenvalue weighted by atomic mass is 16.5. The highest BCUT2D eigenvalue weighted by Gasteiger charge is 2.21. The smallest absolute Gasteiger partial charge is 0.234 e. The Bertz CT molecular complexity index is 488. The van der Waals surface area contributed by atoms with Gasteiger partial charge in [-0.2, -0.15) is 0 Å². The van der Waals surface area contributed by atoms with Crippen LogP contribution in [-0.2, 0) is 16.1 Å². The number of piperidine rings is 1. The lowest BCUT2D eigenvalue weighted by Crippen LogP contribution is -2.43. The molecule has 4 heteroatoms. The van der Waals surface area contributed by atoms with E-state index >= 15 is 0 Å². The lowest BCUT2D eigenvalue weighted by atomic mass is 9.92. The molecule has 1 aliphatic rings. The van der Waals surface area contributed by atoms with Crippen LogP contribution < -0.4 is 5.32 Å². The van der Waals surface area contributed by atoms with Crippen molar-refractivity contribution in [3.05, 3.63) is 35.9 Å². The Hall–Kier alpha value is -1.39. The molecule has 24 heavy (non-hydrogen) atoms. The topological polar surface area (TPSA) is 41.6 Å². The highest BCUT2D eigenvalue weighted by Crippen LogP contribution is 2.17. The number of hydrogen-bond donors (Lipinski definition) is 1. The molecule has 0 unspecified atom stereocenters. The normalized spacial score (nSPS) is 17.0. The van der Waals surface area contributed by atoms with E-state index in [0.29, 0.717) is 19.3 Å². The van der Waals surface area contributed by atoms with E-state index in [-0.39, 0.29) is 11.3 Å². The van der Waals surface area contributed by atoms with Crippen LogP contribution in [-0.4, -0.2) is 43.1 Å². The summed E-state index contributed by atoms with van der Waals surface area (Å²) < 4.78 is 6.00. The summed E-state index contributed by atoms with van der Waals surface area (Å²) in [4.78, 5) is 14.2. The molecular formula is C20H32N2O2. The van der Waals surface area contributed by atoms with Crippen molar-refractivity contribution in [3.8, 4) is 0 Å².